The van der Waals surface area contributed by atoms with Crippen LogP contribution >= 0.6 is 11.6 Å². The van der Waals surface area contributed by atoms with Gasteiger partial charge in [-0.1, -0.05) is 54.9 Å². The van der Waals surface area contributed by atoms with E-state index in [-0.39, 0.29) is 0 Å². The first-order chi connectivity index (χ1) is 9.79. The molecule has 2 nitrogen and oxygen atoms in total. The fourth-order valence-corrected chi connectivity index (χ4v) is 2.25. The van der Waals surface area contributed by atoms with Crippen molar-refractivity contribution in [3.63, 3.8) is 0 Å². The van der Waals surface area contributed by atoms with Crippen LogP contribution < -0.4 is 5.32 Å². The van der Waals surface area contributed by atoms with Gasteiger partial charge in [-0.2, -0.15) is 0 Å². The zero-order valence-corrected chi connectivity index (χ0v) is 12.5. The fraction of sp³-hybridized carbons (Fsp3) is 0.294. The molecule has 0 bridgehead atoms. The summed E-state index contributed by atoms with van der Waals surface area (Å²) in [4.78, 5) is 0. The van der Waals surface area contributed by atoms with Gasteiger partial charge in [0.25, 0.3) is 0 Å². The van der Waals surface area contributed by atoms with Crippen molar-refractivity contribution in [2.75, 3.05) is 6.54 Å². The van der Waals surface area contributed by atoms with Gasteiger partial charge in [-0.3, -0.25) is 0 Å². The molecule has 0 spiro atoms. The normalized spacial score (nSPS) is 10.7. The number of hydrogen-bond acceptors (Lipinski definition) is 2. The first kappa shape index (κ1) is 15.0. The molecule has 0 radical (unpaired) electrons. The van der Waals surface area contributed by atoms with Crippen LogP contribution in [0.3, 0.4) is 0 Å². The number of halogens is 1. The van der Waals surface area contributed by atoms with Gasteiger partial charge in [0.1, 0.15) is 0 Å². The number of hydrogen-bond donors (Lipinski definition) is 1. The number of benzene rings is 2. The van der Waals surface area contributed by atoms with E-state index in [4.69, 9.17) is 16.3 Å². The van der Waals surface area contributed by atoms with Crippen LogP contribution in [-0.4, -0.2) is 6.54 Å². The molecule has 0 heterocycles. The third-order valence-electron chi connectivity index (χ3n) is 3.10. The average Bonchev–Trinajstić information content (AvgIpc) is 2.46. The lowest BCUT2D eigenvalue weighted by Crippen LogP contribution is -2.13. The Bertz CT molecular complexity index is 542. The Hall–Kier alpha value is -1.35. The minimum atomic E-state index is 0.579. The Morgan fingerprint density at radius 3 is 2.55 bits per heavy atom. The topological polar surface area (TPSA) is 21.3 Å². The summed E-state index contributed by atoms with van der Waals surface area (Å²) in [5, 5.41) is 4.10. The van der Waals surface area contributed by atoms with E-state index in [1.807, 2.05) is 30.3 Å². The first-order valence-electron chi connectivity index (χ1n) is 6.89. The van der Waals surface area contributed by atoms with Crippen molar-refractivity contribution in [1.82, 2.24) is 5.32 Å². The molecular weight excluding hydrogens is 270 g/mol. The average molecular weight is 290 g/mol. The van der Waals surface area contributed by atoms with Crippen LogP contribution in [0.15, 0.2) is 48.5 Å². The van der Waals surface area contributed by atoms with Gasteiger partial charge in [0.05, 0.1) is 13.2 Å². The molecule has 1 N–H and O–H groups in total. The molecule has 2 aromatic carbocycles. The van der Waals surface area contributed by atoms with Crippen LogP contribution in [0.4, 0.5) is 0 Å². The highest BCUT2D eigenvalue weighted by atomic mass is 35.5. The molecule has 0 saturated heterocycles. The van der Waals surface area contributed by atoms with Crippen molar-refractivity contribution in [3.8, 4) is 0 Å². The predicted octanol–water partition coefficient (Wildman–Crippen LogP) is 4.17. The van der Waals surface area contributed by atoms with Gasteiger partial charge >= 0.3 is 0 Å². The highest BCUT2D eigenvalue weighted by molar-refractivity contribution is 6.30. The summed E-state index contributed by atoms with van der Waals surface area (Å²) in [6, 6.07) is 16.1. The molecule has 0 unspecified atom stereocenters. The first-order valence-corrected chi connectivity index (χ1v) is 7.27. The van der Waals surface area contributed by atoms with Gasteiger partial charge in [-0.25, -0.2) is 0 Å². The van der Waals surface area contributed by atoms with Crippen LogP contribution in [0.25, 0.3) is 0 Å². The second kappa shape index (κ2) is 8.05. The van der Waals surface area contributed by atoms with Crippen molar-refractivity contribution in [2.24, 2.45) is 0 Å². The van der Waals surface area contributed by atoms with Crippen LogP contribution in [0.2, 0.25) is 5.02 Å². The van der Waals surface area contributed by atoms with Gasteiger partial charge in [0.15, 0.2) is 0 Å². The Balaban J connectivity index is 1.90. The molecule has 0 aliphatic carbocycles. The van der Waals surface area contributed by atoms with E-state index in [0.29, 0.717) is 13.2 Å². The Kier molecular flexibility index (Phi) is 6.06. The molecule has 2 aromatic rings. The lowest BCUT2D eigenvalue weighted by molar-refractivity contribution is 0.106. The van der Waals surface area contributed by atoms with Crippen molar-refractivity contribution in [1.29, 1.82) is 0 Å². The maximum absolute atomic E-state index is 5.96. The fourth-order valence-electron chi connectivity index (χ4n) is 2.04. The van der Waals surface area contributed by atoms with Gasteiger partial charge in [-0.05, 0) is 35.4 Å². The molecule has 106 valence electrons. The van der Waals surface area contributed by atoms with Gasteiger partial charge in [0.2, 0.25) is 0 Å². The summed E-state index contributed by atoms with van der Waals surface area (Å²) in [5.41, 5.74) is 3.62. The Morgan fingerprint density at radius 1 is 1.00 bits per heavy atom. The van der Waals surface area contributed by atoms with E-state index in [1.54, 1.807) is 0 Å². The smallest absolute Gasteiger partial charge is 0.0724 e. The van der Waals surface area contributed by atoms with Crippen molar-refractivity contribution >= 4 is 11.6 Å². The Morgan fingerprint density at radius 2 is 1.80 bits per heavy atom. The molecule has 3 heteroatoms. The quantitative estimate of drug-likeness (QED) is 0.826. The lowest BCUT2D eigenvalue weighted by atomic mass is 10.1. The van der Waals surface area contributed by atoms with Crippen molar-refractivity contribution in [3.05, 3.63) is 70.2 Å². The second-order valence-corrected chi connectivity index (χ2v) is 5.11. The number of nitrogens with one attached hydrogen (secondary N) is 1. The summed E-state index contributed by atoms with van der Waals surface area (Å²) in [5.74, 6) is 0. The van der Waals surface area contributed by atoms with E-state index in [2.05, 4.69) is 30.4 Å². The minimum Gasteiger partial charge on any atom is -0.372 e. The van der Waals surface area contributed by atoms with Crippen molar-refractivity contribution in [2.45, 2.75) is 26.7 Å². The molecule has 0 atom stereocenters. The zero-order valence-electron chi connectivity index (χ0n) is 11.7. The van der Waals surface area contributed by atoms with Crippen LogP contribution in [-0.2, 0) is 24.5 Å². The van der Waals surface area contributed by atoms with E-state index in [9.17, 15) is 0 Å². The van der Waals surface area contributed by atoms with Crippen LogP contribution in [0, 0.1) is 0 Å². The second-order valence-electron chi connectivity index (χ2n) is 4.67. The van der Waals surface area contributed by atoms with E-state index >= 15 is 0 Å². The maximum Gasteiger partial charge on any atom is 0.0724 e. The third-order valence-corrected chi connectivity index (χ3v) is 3.33. The molecule has 0 aromatic heterocycles. The molecule has 20 heavy (non-hydrogen) atoms. The van der Waals surface area contributed by atoms with Crippen LogP contribution in [0.1, 0.15) is 23.6 Å². The number of rotatable bonds is 7. The van der Waals surface area contributed by atoms with Gasteiger partial charge in [-0.15, -0.1) is 0 Å². The molecular formula is C17H20ClNO. The van der Waals surface area contributed by atoms with E-state index in [1.165, 1.54) is 11.1 Å². The zero-order chi connectivity index (χ0) is 14.2. The highest BCUT2D eigenvalue weighted by Crippen LogP contribution is 2.14. The Labute approximate surface area is 125 Å². The maximum atomic E-state index is 5.96. The standard InChI is InChI=1S/C17H20ClNO/c1-2-19-11-15-7-3-4-8-16(15)13-20-12-14-6-5-9-17(18)10-14/h3-10,19H,2,11-13H2,1H3. The monoisotopic (exact) mass is 289 g/mol. The highest BCUT2D eigenvalue weighted by Gasteiger charge is 2.02. The number of ether oxygens (including phenoxy) is 1. The minimum absolute atomic E-state index is 0.579. The third kappa shape index (κ3) is 4.64. The van der Waals surface area contributed by atoms with Crippen molar-refractivity contribution < 1.29 is 4.74 Å². The molecule has 0 aliphatic heterocycles. The van der Waals surface area contributed by atoms with Crippen LogP contribution in [0.5, 0.6) is 0 Å². The largest absolute Gasteiger partial charge is 0.372 e. The predicted molar refractivity (Wildman–Crippen MR) is 83.8 cm³/mol. The molecule has 0 saturated carbocycles. The lowest BCUT2D eigenvalue weighted by Gasteiger charge is -2.10. The van der Waals surface area contributed by atoms with Gasteiger partial charge < -0.3 is 10.1 Å². The summed E-state index contributed by atoms with van der Waals surface area (Å²) >= 11 is 5.96. The molecule has 0 amide bonds. The van der Waals surface area contributed by atoms with E-state index in [0.717, 1.165) is 23.7 Å². The van der Waals surface area contributed by atoms with E-state index < -0.39 is 0 Å². The summed E-state index contributed by atoms with van der Waals surface area (Å²) in [6.07, 6.45) is 0. The summed E-state index contributed by atoms with van der Waals surface area (Å²) in [6.45, 7) is 5.16. The SMILES string of the molecule is CCNCc1ccccc1COCc1cccc(Cl)c1. The molecule has 2 rings (SSSR count). The molecule has 0 fully saturated rings. The summed E-state index contributed by atoms with van der Waals surface area (Å²) in [7, 11) is 0. The van der Waals surface area contributed by atoms with Gasteiger partial charge in [0, 0.05) is 11.6 Å². The molecule has 0 aliphatic rings. The summed E-state index contributed by atoms with van der Waals surface area (Å²) < 4.78 is 5.79.